The van der Waals surface area contributed by atoms with Crippen LogP contribution in [0.15, 0.2) is 54.6 Å². The Hall–Kier alpha value is -3.20. The molecule has 0 atom stereocenters. The monoisotopic (exact) mass is 391 g/mol. The fourth-order valence-electron chi connectivity index (χ4n) is 2.93. The molecule has 3 rings (SSSR count). The van der Waals surface area contributed by atoms with Gasteiger partial charge in [-0.2, -0.15) is 0 Å². The number of methoxy groups -OCH3 is 2. The molecule has 0 aliphatic rings. The Bertz CT molecular complexity index is 994. The van der Waals surface area contributed by atoms with Crippen LogP contribution in [0.4, 0.5) is 11.4 Å². The number of nitrogens with one attached hydrogen (secondary N) is 1. The maximum Gasteiger partial charge on any atom is 0.162 e. The van der Waals surface area contributed by atoms with E-state index < -0.39 is 0 Å². The van der Waals surface area contributed by atoms with Crippen molar-refractivity contribution in [1.29, 1.82) is 0 Å². The summed E-state index contributed by atoms with van der Waals surface area (Å²) in [7, 11) is 3.29. The highest BCUT2D eigenvalue weighted by Crippen LogP contribution is 2.36. The van der Waals surface area contributed by atoms with Crippen LogP contribution in [0.1, 0.15) is 5.56 Å². The van der Waals surface area contributed by atoms with Crippen molar-refractivity contribution in [2.24, 2.45) is 0 Å². The van der Waals surface area contributed by atoms with E-state index in [-0.39, 0.29) is 0 Å². The van der Waals surface area contributed by atoms with E-state index in [4.69, 9.17) is 25.4 Å². The molecule has 0 bridgehead atoms. The number of benzene rings is 3. The van der Waals surface area contributed by atoms with Gasteiger partial charge in [0, 0.05) is 36.5 Å². The first-order valence-electron chi connectivity index (χ1n) is 9.39. The average molecular weight is 391 g/mol. The highest BCUT2D eigenvalue weighted by atomic mass is 16.5. The minimum absolute atomic E-state index is 0.433. The number of anilines is 2. The van der Waals surface area contributed by atoms with Crippen LogP contribution in [0.5, 0.6) is 11.5 Å². The molecule has 1 N–H and O–H groups in total. The van der Waals surface area contributed by atoms with Crippen molar-refractivity contribution in [2.75, 3.05) is 46.0 Å². The first-order chi connectivity index (χ1) is 14.2. The summed E-state index contributed by atoms with van der Waals surface area (Å²) in [6.07, 6.45) is 5.52. The number of ether oxygens (including phenoxy) is 4. The third-order valence-electron chi connectivity index (χ3n) is 4.34. The lowest BCUT2D eigenvalue weighted by molar-refractivity contribution is 0.132. The molecule has 29 heavy (non-hydrogen) atoms. The third-order valence-corrected chi connectivity index (χ3v) is 4.34. The van der Waals surface area contributed by atoms with Crippen molar-refractivity contribution in [3.63, 3.8) is 0 Å². The summed E-state index contributed by atoms with van der Waals surface area (Å²) in [5.41, 5.74) is 2.71. The molecule has 0 saturated heterocycles. The predicted octanol–water partition coefficient (Wildman–Crippen LogP) is 4.62. The molecular weight excluding hydrogens is 366 g/mol. The summed E-state index contributed by atoms with van der Waals surface area (Å²) in [5.74, 6) is 4.00. The molecule has 0 amide bonds. The van der Waals surface area contributed by atoms with Crippen molar-refractivity contribution >= 4 is 22.1 Å². The lowest BCUT2D eigenvalue weighted by Crippen LogP contribution is -2.08. The van der Waals surface area contributed by atoms with E-state index >= 15 is 0 Å². The zero-order valence-corrected chi connectivity index (χ0v) is 16.7. The molecule has 5 heteroatoms. The zero-order chi connectivity index (χ0) is 20.5. The molecular formula is C24H25NO4. The van der Waals surface area contributed by atoms with Crippen LogP contribution in [-0.2, 0) is 9.47 Å². The van der Waals surface area contributed by atoms with E-state index in [2.05, 4.69) is 11.2 Å². The van der Waals surface area contributed by atoms with Gasteiger partial charge in [0.05, 0.1) is 13.2 Å². The standard InChI is InChI=1S/C24H25NO4/c1-4-18-7-5-9-20(15-18)25-22-10-6-8-19-16-23(28-13-11-26-2)24(17-21(19)22)29-14-12-27-3/h1,5-10,15-17,25H,11-14H2,2-3H3. The van der Waals surface area contributed by atoms with Gasteiger partial charge in [0.2, 0.25) is 0 Å². The summed E-state index contributed by atoms with van der Waals surface area (Å²) in [5, 5.41) is 5.51. The Morgan fingerprint density at radius 2 is 1.52 bits per heavy atom. The normalized spacial score (nSPS) is 10.5. The second kappa shape index (κ2) is 10.4. The van der Waals surface area contributed by atoms with E-state index in [0.29, 0.717) is 37.9 Å². The van der Waals surface area contributed by atoms with E-state index in [9.17, 15) is 0 Å². The quantitative estimate of drug-likeness (QED) is 0.404. The molecule has 0 unspecified atom stereocenters. The number of terminal acetylenes is 1. The van der Waals surface area contributed by atoms with Crippen molar-refractivity contribution in [3.05, 3.63) is 60.2 Å². The fraction of sp³-hybridized carbons (Fsp3) is 0.250. The lowest BCUT2D eigenvalue weighted by atomic mass is 10.1. The van der Waals surface area contributed by atoms with Gasteiger partial charge < -0.3 is 24.3 Å². The number of rotatable bonds is 10. The van der Waals surface area contributed by atoms with Gasteiger partial charge in [-0.15, -0.1) is 6.42 Å². The van der Waals surface area contributed by atoms with Gasteiger partial charge in [-0.05, 0) is 41.8 Å². The van der Waals surface area contributed by atoms with Crippen molar-refractivity contribution in [3.8, 4) is 23.8 Å². The van der Waals surface area contributed by atoms with Crippen LogP contribution in [0.25, 0.3) is 10.8 Å². The zero-order valence-electron chi connectivity index (χ0n) is 16.7. The first kappa shape index (κ1) is 20.5. The van der Waals surface area contributed by atoms with Gasteiger partial charge in [0.25, 0.3) is 0 Å². The largest absolute Gasteiger partial charge is 0.487 e. The van der Waals surface area contributed by atoms with E-state index in [1.807, 2.05) is 54.6 Å². The summed E-state index contributed by atoms with van der Waals surface area (Å²) in [4.78, 5) is 0. The summed E-state index contributed by atoms with van der Waals surface area (Å²) in [6.45, 7) is 1.87. The van der Waals surface area contributed by atoms with Crippen molar-refractivity contribution in [2.45, 2.75) is 0 Å². The molecule has 0 aliphatic heterocycles. The second-order valence-electron chi connectivity index (χ2n) is 6.36. The van der Waals surface area contributed by atoms with E-state index in [1.165, 1.54) is 0 Å². The Kier molecular flexibility index (Phi) is 7.34. The molecule has 150 valence electrons. The predicted molar refractivity (Wildman–Crippen MR) is 116 cm³/mol. The van der Waals surface area contributed by atoms with Gasteiger partial charge in [-0.1, -0.05) is 24.1 Å². The SMILES string of the molecule is C#Cc1cccc(Nc2cccc3cc(OCCOC)c(OCCOC)cc23)c1. The third kappa shape index (κ3) is 5.41. The number of fused-ring (bicyclic) bond motifs is 1. The van der Waals surface area contributed by atoms with Crippen LogP contribution in [0.3, 0.4) is 0 Å². The van der Waals surface area contributed by atoms with Crippen LogP contribution < -0.4 is 14.8 Å². The first-order valence-corrected chi connectivity index (χ1v) is 9.39. The van der Waals surface area contributed by atoms with Crippen LogP contribution in [-0.4, -0.2) is 40.6 Å². The average Bonchev–Trinajstić information content (AvgIpc) is 2.75. The van der Waals surface area contributed by atoms with E-state index in [0.717, 1.165) is 27.7 Å². The fourth-order valence-corrected chi connectivity index (χ4v) is 2.93. The number of hydrogen-bond donors (Lipinski definition) is 1. The molecule has 0 fully saturated rings. The van der Waals surface area contributed by atoms with Gasteiger partial charge in [-0.3, -0.25) is 0 Å². The summed E-state index contributed by atoms with van der Waals surface area (Å²) >= 11 is 0. The summed E-state index contributed by atoms with van der Waals surface area (Å²) in [6, 6.07) is 17.8. The van der Waals surface area contributed by atoms with Gasteiger partial charge >= 0.3 is 0 Å². The lowest BCUT2D eigenvalue weighted by Gasteiger charge is -2.16. The Balaban J connectivity index is 1.96. The maximum atomic E-state index is 5.91. The second-order valence-corrected chi connectivity index (χ2v) is 6.36. The highest BCUT2D eigenvalue weighted by Gasteiger charge is 2.11. The van der Waals surface area contributed by atoms with Crippen LogP contribution in [0.2, 0.25) is 0 Å². The molecule has 0 radical (unpaired) electrons. The van der Waals surface area contributed by atoms with E-state index in [1.54, 1.807) is 14.2 Å². The summed E-state index contributed by atoms with van der Waals surface area (Å²) < 4.78 is 22.0. The molecule has 3 aromatic carbocycles. The molecule has 5 nitrogen and oxygen atoms in total. The van der Waals surface area contributed by atoms with Gasteiger partial charge in [0.15, 0.2) is 11.5 Å². The van der Waals surface area contributed by atoms with Gasteiger partial charge in [0.1, 0.15) is 13.2 Å². The number of hydrogen-bond acceptors (Lipinski definition) is 5. The molecule has 3 aromatic rings. The van der Waals surface area contributed by atoms with Crippen LogP contribution >= 0.6 is 0 Å². The Morgan fingerprint density at radius 3 is 2.21 bits per heavy atom. The van der Waals surface area contributed by atoms with Crippen molar-refractivity contribution in [1.82, 2.24) is 0 Å². The minimum Gasteiger partial charge on any atom is -0.487 e. The maximum absolute atomic E-state index is 5.91. The van der Waals surface area contributed by atoms with Crippen LogP contribution in [0, 0.1) is 12.3 Å². The van der Waals surface area contributed by atoms with Crippen molar-refractivity contribution < 1.29 is 18.9 Å². The Morgan fingerprint density at radius 1 is 0.828 bits per heavy atom. The highest BCUT2D eigenvalue weighted by molar-refractivity contribution is 5.97. The minimum atomic E-state index is 0.433. The molecule has 0 spiro atoms. The Labute approximate surface area is 171 Å². The molecule has 0 aliphatic carbocycles. The topological polar surface area (TPSA) is 49.0 Å². The van der Waals surface area contributed by atoms with Gasteiger partial charge in [-0.25, -0.2) is 0 Å². The molecule has 0 aromatic heterocycles. The molecule has 0 saturated carbocycles. The molecule has 0 heterocycles. The smallest absolute Gasteiger partial charge is 0.162 e.